The van der Waals surface area contributed by atoms with Gasteiger partial charge < -0.3 is 16.0 Å². The lowest BCUT2D eigenvalue weighted by atomic mass is 10.1. The van der Waals surface area contributed by atoms with Crippen LogP contribution < -0.4 is 16.0 Å². The number of thiocarbonyl (C=S) groups is 1. The largest absolute Gasteiger partial charge is 0.339 e. The Kier molecular flexibility index (Phi) is 6.84. The summed E-state index contributed by atoms with van der Waals surface area (Å²) in [5, 5.41) is 8.40. The molecule has 0 saturated carbocycles. The summed E-state index contributed by atoms with van der Waals surface area (Å²) in [7, 11) is 0. The van der Waals surface area contributed by atoms with Gasteiger partial charge in [-0.15, -0.1) is 0 Å². The van der Waals surface area contributed by atoms with Crippen molar-refractivity contribution in [1.29, 1.82) is 0 Å². The second-order valence-corrected chi connectivity index (χ2v) is 7.91. The zero-order valence-electron chi connectivity index (χ0n) is 13.1. The minimum absolute atomic E-state index is 0.152. The van der Waals surface area contributed by atoms with E-state index in [4.69, 9.17) is 47.0 Å². The highest BCUT2D eigenvalue weighted by Gasteiger charge is 2.34. The van der Waals surface area contributed by atoms with Crippen molar-refractivity contribution in [3.05, 3.63) is 59.8 Å². The fourth-order valence-corrected chi connectivity index (χ4v) is 2.47. The number of pyridine rings is 1. The Morgan fingerprint density at radius 1 is 1.16 bits per heavy atom. The van der Waals surface area contributed by atoms with Crippen LogP contribution >= 0.6 is 47.0 Å². The Morgan fingerprint density at radius 2 is 1.92 bits per heavy atom. The van der Waals surface area contributed by atoms with E-state index in [1.807, 2.05) is 13.0 Å². The van der Waals surface area contributed by atoms with E-state index in [1.165, 1.54) is 0 Å². The first-order chi connectivity index (χ1) is 11.8. The predicted molar refractivity (Wildman–Crippen MR) is 106 cm³/mol. The van der Waals surface area contributed by atoms with Gasteiger partial charge in [0.05, 0.1) is 0 Å². The number of halogens is 3. The minimum atomic E-state index is -1.82. The van der Waals surface area contributed by atoms with Crippen molar-refractivity contribution in [2.75, 3.05) is 5.32 Å². The molecule has 3 N–H and O–H groups in total. The molecule has 0 bridgehead atoms. The second kappa shape index (κ2) is 8.67. The highest BCUT2D eigenvalue weighted by atomic mass is 35.6. The molecule has 0 aliphatic rings. The van der Waals surface area contributed by atoms with E-state index < -0.39 is 15.9 Å². The van der Waals surface area contributed by atoms with E-state index >= 15 is 0 Å². The van der Waals surface area contributed by atoms with Crippen molar-refractivity contribution in [3.63, 3.8) is 0 Å². The topological polar surface area (TPSA) is 66.1 Å². The third-order valence-electron chi connectivity index (χ3n) is 3.06. The highest BCUT2D eigenvalue weighted by Crippen LogP contribution is 2.29. The fraction of sp³-hybridized carbons (Fsp3) is 0.188. The quantitative estimate of drug-likeness (QED) is 0.401. The first-order valence-corrected chi connectivity index (χ1v) is 8.73. The number of nitrogens with zero attached hydrogens (tertiary/aromatic N) is 1. The molecule has 0 fully saturated rings. The van der Waals surface area contributed by atoms with Gasteiger partial charge >= 0.3 is 0 Å². The van der Waals surface area contributed by atoms with Crippen LogP contribution in [0.5, 0.6) is 0 Å². The molecule has 1 aromatic heterocycles. The van der Waals surface area contributed by atoms with E-state index in [1.54, 1.807) is 42.6 Å². The van der Waals surface area contributed by atoms with Crippen molar-refractivity contribution in [3.8, 4) is 0 Å². The van der Waals surface area contributed by atoms with E-state index in [9.17, 15) is 4.79 Å². The van der Waals surface area contributed by atoms with Crippen LogP contribution in [0.25, 0.3) is 0 Å². The molecular formula is C16H15Cl3N4OS. The molecule has 2 rings (SSSR count). The first-order valence-electron chi connectivity index (χ1n) is 7.18. The van der Waals surface area contributed by atoms with Crippen LogP contribution in [0.15, 0.2) is 48.7 Å². The number of amides is 1. The molecule has 5 nitrogen and oxygen atoms in total. The Morgan fingerprint density at radius 3 is 2.52 bits per heavy atom. The predicted octanol–water partition coefficient (Wildman–Crippen LogP) is 3.80. The summed E-state index contributed by atoms with van der Waals surface area (Å²) in [6, 6.07) is 12.3. The number of hydrogen-bond acceptors (Lipinski definition) is 3. The van der Waals surface area contributed by atoms with Gasteiger partial charge in [0, 0.05) is 11.8 Å². The standard InChI is InChI=1S/C16H15Cl3N4OS/c1-10-5-4-6-11(9-10)13(24)22-14(16(17,18)19)23-15(25)21-12-7-2-3-8-20-12/h2-9,14H,1H3,(H,22,24)(H2,20,21,23,25)/t14-/m1/s1. The summed E-state index contributed by atoms with van der Waals surface area (Å²) in [6.07, 6.45) is 0.561. The average molecular weight is 418 g/mol. The van der Waals surface area contributed by atoms with Crippen LogP contribution in [0.2, 0.25) is 0 Å². The number of rotatable bonds is 4. The zero-order chi connectivity index (χ0) is 18.4. The van der Waals surface area contributed by atoms with E-state index in [-0.39, 0.29) is 5.11 Å². The minimum Gasteiger partial charge on any atom is -0.339 e. The maximum Gasteiger partial charge on any atom is 0.252 e. The van der Waals surface area contributed by atoms with Crippen molar-refractivity contribution >= 4 is 63.9 Å². The van der Waals surface area contributed by atoms with Crippen LogP contribution in [0.1, 0.15) is 15.9 Å². The van der Waals surface area contributed by atoms with Gasteiger partial charge in [-0.3, -0.25) is 4.79 Å². The number of anilines is 1. The van der Waals surface area contributed by atoms with E-state index in [2.05, 4.69) is 20.9 Å². The van der Waals surface area contributed by atoms with Crippen molar-refractivity contribution < 1.29 is 4.79 Å². The Balaban J connectivity index is 2.06. The van der Waals surface area contributed by atoms with Crippen LogP contribution in [0.4, 0.5) is 5.82 Å². The molecule has 0 aliphatic heterocycles. The number of benzene rings is 1. The smallest absolute Gasteiger partial charge is 0.252 e. The van der Waals surface area contributed by atoms with Gasteiger partial charge in [0.2, 0.25) is 3.79 Å². The molecule has 0 aliphatic carbocycles. The molecule has 0 radical (unpaired) electrons. The first kappa shape index (κ1) is 19.7. The molecule has 0 saturated heterocycles. The SMILES string of the molecule is Cc1cccc(C(=O)N[C@H](NC(=S)Nc2ccccn2)C(Cl)(Cl)Cl)c1. The number of carbonyl (C=O) groups excluding carboxylic acids is 1. The maximum atomic E-state index is 12.4. The Hall–Kier alpha value is -1.60. The zero-order valence-corrected chi connectivity index (χ0v) is 16.2. The molecule has 25 heavy (non-hydrogen) atoms. The van der Waals surface area contributed by atoms with Crippen LogP contribution in [0, 0.1) is 6.92 Å². The summed E-state index contributed by atoms with van der Waals surface area (Å²) in [6.45, 7) is 1.88. The Bertz CT molecular complexity index is 753. The number of aromatic nitrogens is 1. The van der Waals surface area contributed by atoms with Gasteiger partial charge in [0.1, 0.15) is 12.0 Å². The number of hydrogen-bond donors (Lipinski definition) is 3. The van der Waals surface area contributed by atoms with E-state index in [0.29, 0.717) is 11.4 Å². The monoisotopic (exact) mass is 416 g/mol. The summed E-state index contributed by atoms with van der Waals surface area (Å²) >= 11 is 23.1. The average Bonchev–Trinajstić information content (AvgIpc) is 2.54. The number of aryl methyl sites for hydroxylation is 1. The molecule has 0 unspecified atom stereocenters. The molecule has 2 aromatic rings. The lowest BCUT2D eigenvalue weighted by molar-refractivity contribution is 0.0934. The molecule has 132 valence electrons. The van der Waals surface area contributed by atoms with Crippen molar-refractivity contribution in [2.45, 2.75) is 16.9 Å². The maximum absolute atomic E-state index is 12.4. The van der Waals surface area contributed by atoms with Crippen LogP contribution in [-0.2, 0) is 0 Å². The molecule has 1 atom stereocenters. The van der Waals surface area contributed by atoms with Gasteiger partial charge in [0.15, 0.2) is 5.11 Å². The molecule has 1 heterocycles. The van der Waals surface area contributed by atoms with Crippen LogP contribution in [0.3, 0.4) is 0 Å². The summed E-state index contributed by atoms with van der Waals surface area (Å²) in [5.41, 5.74) is 1.39. The normalized spacial score (nSPS) is 12.2. The summed E-state index contributed by atoms with van der Waals surface area (Å²) < 4.78 is -1.82. The fourth-order valence-electron chi connectivity index (χ4n) is 1.92. The lowest BCUT2D eigenvalue weighted by Crippen LogP contribution is -2.56. The second-order valence-electron chi connectivity index (χ2n) is 5.13. The number of carbonyl (C=O) groups is 1. The molecular weight excluding hydrogens is 403 g/mol. The summed E-state index contributed by atoms with van der Waals surface area (Å²) in [5.74, 6) is 0.126. The van der Waals surface area contributed by atoms with Crippen LogP contribution in [-0.4, -0.2) is 26.0 Å². The van der Waals surface area contributed by atoms with Crippen molar-refractivity contribution in [1.82, 2.24) is 15.6 Å². The highest BCUT2D eigenvalue weighted by molar-refractivity contribution is 7.80. The number of nitrogens with one attached hydrogen (secondary N) is 3. The Labute approximate surface area is 166 Å². The molecule has 1 aromatic carbocycles. The van der Waals surface area contributed by atoms with Crippen molar-refractivity contribution in [2.24, 2.45) is 0 Å². The third-order valence-corrected chi connectivity index (χ3v) is 3.94. The lowest BCUT2D eigenvalue weighted by Gasteiger charge is -2.27. The van der Waals surface area contributed by atoms with Gasteiger partial charge in [-0.1, -0.05) is 58.6 Å². The third kappa shape index (κ3) is 6.32. The van der Waals surface area contributed by atoms with Gasteiger partial charge in [-0.05, 0) is 43.4 Å². The van der Waals surface area contributed by atoms with Gasteiger partial charge in [-0.2, -0.15) is 0 Å². The molecule has 9 heteroatoms. The van der Waals surface area contributed by atoms with Gasteiger partial charge in [0.25, 0.3) is 5.91 Å². The molecule has 1 amide bonds. The number of alkyl halides is 3. The summed E-state index contributed by atoms with van der Waals surface area (Å²) in [4.78, 5) is 16.5. The molecule has 0 spiro atoms. The van der Waals surface area contributed by atoms with E-state index in [0.717, 1.165) is 5.56 Å². The van der Waals surface area contributed by atoms with Gasteiger partial charge in [-0.25, -0.2) is 4.98 Å².